The molecule has 0 aliphatic heterocycles. The minimum atomic E-state index is -0.261. The van der Waals surface area contributed by atoms with Crippen molar-refractivity contribution in [3.8, 4) is 11.3 Å². The second-order valence-electron chi connectivity index (χ2n) is 5.16. The van der Waals surface area contributed by atoms with Gasteiger partial charge in [0.05, 0.1) is 7.11 Å². The third-order valence-electron chi connectivity index (χ3n) is 3.43. The summed E-state index contributed by atoms with van der Waals surface area (Å²) < 4.78 is 10.3. The highest BCUT2D eigenvalue weighted by molar-refractivity contribution is 5.76. The highest BCUT2D eigenvalue weighted by atomic mass is 16.5. The van der Waals surface area contributed by atoms with E-state index in [9.17, 15) is 9.59 Å². The summed E-state index contributed by atoms with van der Waals surface area (Å²) in [5, 5.41) is 2.78. The van der Waals surface area contributed by atoms with E-state index in [2.05, 4.69) is 10.1 Å². The predicted octanol–water partition coefficient (Wildman–Crippen LogP) is 2.95. The van der Waals surface area contributed by atoms with Gasteiger partial charge in [-0.2, -0.15) is 0 Å². The van der Waals surface area contributed by atoms with E-state index in [1.807, 2.05) is 42.5 Å². The van der Waals surface area contributed by atoms with Crippen LogP contribution in [0.2, 0.25) is 0 Å². The van der Waals surface area contributed by atoms with Gasteiger partial charge < -0.3 is 14.5 Å². The molecular formula is C18H21NO4. The van der Waals surface area contributed by atoms with Gasteiger partial charge in [0.2, 0.25) is 5.91 Å². The van der Waals surface area contributed by atoms with Crippen molar-refractivity contribution >= 4 is 11.9 Å². The van der Waals surface area contributed by atoms with Crippen molar-refractivity contribution in [1.29, 1.82) is 0 Å². The summed E-state index contributed by atoms with van der Waals surface area (Å²) in [5.41, 5.74) is 1.02. The Labute approximate surface area is 135 Å². The number of furan rings is 1. The van der Waals surface area contributed by atoms with E-state index in [-0.39, 0.29) is 11.9 Å². The molecule has 0 fully saturated rings. The lowest BCUT2D eigenvalue weighted by molar-refractivity contribution is -0.140. The fraction of sp³-hybridized carbons (Fsp3) is 0.333. The second kappa shape index (κ2) is 8.78. The molecule has 23 heavy (non-hydrogen) atoms. The molecule has 2 aromatic rings. The van der Waals surface area contributed by atoms with Crippen molar-refractivity contribution in [3.05, 3.63) is 48.2 Å². The number of esters is 1. The lowest BCUT2D eigenvalue weighted by Crippen LogP contribution is -2.25. The Bertz CT molecular complexity index is 633. The summed E-state index contributed by atoms with van der Waals surface area (Å²) >= 11 is 0. The Morgan fingerprint density at radius 3 is 2.61 bits per heavy atom. The smallest absolute Gasteiger partial charge is 0.305 e. The average molecular weight is 315 g/mol. The van der Waals surface area contributed by atoms with Crippen LogP contribution in [0.5, 0.6) is 0 Å². The van der Waals surface area contributed by atoms with Crippen molar-refractivity contribution in [2.75, 3.05) is 13.7 Å². The van der Waals surface area contributed by atoms with E-state index in [0.717, 1.165) is 17.1 Å². The minimum Gasteiger partial charge on any atom is -0.469 e. The number of rotatable bonds is 8. The molecule has 2 rings (SSSR count). The molecule has 5 heteroatoms. The van der Waals surface area contributed by atoms with Crippen molar-refractivity contribution < 1.29 is 18.7 Å². The standard InChI is InChI=1S/C18H21NO4/c1-22-18(21)8-5-13-19-17(20)12-10-15-9-11-16(23-15)14-6-3-2-4-7-14/h2-4,6-7,9,11H,5,8,10,12-13H2,1H3,(H,19,20). The molecule has 5 nitrogen and oxygen atoms in total. The van der Waals surface area contributed by atoms with Gasteiger partial charge in [0.1, 0.15) is 11.5 Å². The maximum Gasteiger partial charge on any atom is 0.305 e. The number of amides is 1. The van der Waals surface area contributed by atoms with Gasteiger partial charge in [-0.15, -0.1) is 0 Å². The highest BCUT2D eigenvalue weighted by Crippen LogP contribution is 2.22. The Morgan fingerprint density at radius 1 is 1.09 bits per heavy atom. The van der Waals surface area contributed by atoms with Gasteiger partial charge in [-0.1, -0.05) is 30.3 Å². The molecule has 1 amide bonds. The number of hydrogen-bond acceptors (Lipinski definition) is 4. The first kappa shape index (κ1) is 16.8. The van der Waals surface area contributed by atoms with Crippen molar-refractivity contribution in [2.24, 2.45) is 0 Å². The predicted molar refractivity (Wildman–Crippen MR) is 86.7 cm³/mol. The summed E-state index contributed by atoms with van der Waals surface area (Å²) in [6.45, 7) is 0.474. The first-order valence-corrected chi connectivity index (χ1v) is 7.66. The molecule has 0 saturated heterocycles. The number of aryl methyl sites for hydroxylation is 1. The SMILES string of the molecule is COC(=O)CCCNC(=O)CCc1ccc(-c2ccccc2)o1. The fourth-order valence-corrected chi connectivity index (χ4v) is 2.16. The van der Waals surface area contributed by atoms with Crippen LogP contribution in [0, 0.1) is 0 Å². The topological polar surface area (TPSA) is 68.5 Å². The van der Waals surface area contributed by atoms with E-state index in [1.165, 1.54) is 7.11 Å². The molecule has 1 aromatic carbocycles. The average Bonchev–Trinajstić information content (AvgIpc) is 3.06. The monoisotopic (exact) mass is 315 g/mol. The van der Waals surface area contributed by atoms with Gasteiger partial charge in [-0.05, 0) is 18.6 Å². The molecule has 0 radical (unpaired) electrons. The molecular weight excluding hydrogens is 294 g/mol. The van der Waals surface area contributed by atoms with Crippen LogP contribution < -0.4 is 5.32 Å². The number of ether oxygens (including phenoxy) is 1. The lowest BCUT2D eigenvalue weighted by Gasteiger charge is -2.04. The van der Waals surface area contributed by atoms with Crippen LogP contribution in [0.25, 0.3) is 11.3 Å². The Morgan fingerprint density at radius 2 is 1.87 bits per heavy atom. The largest absolute Gasteiger partial charge is 0.469 e. The van der Waals surface area contributed by atoms with Gasteiger partial charge in [-0.3, -0.25) is 9.59 Å². The van der Waals surface area contributed by atoms with Crippen molar-refractivity contribution in [3.63, 3.8) is 0 Å². The summed E-state index contributed by atoms with van der Waals surface area (Å²) in [6, 6.07) is 13.6. The van der Waals surface area contributed by atoms with Crippen LogP contribution in [0.3, 0.4) is 0 Å². The summed E-state index contributed by atoms with van der Waals surface area (Å²) in [5.74, 6) is 1.28. The fourth-order valence-electron chi connectivity index (χ4n) is 2.16. The molecule has 1 aromatic heterocycles. The van der Waals surface area contributed by atoms with Gasteiger partial charge in [0.15, 0.2) is 0 Å². The molecule has 0 aliphatic rings. The van der Waals surface area contributed by atoms with E-state index >= 15 is 0 Å². The third kappa shape index (κ3) is 5.62. The van der Waals surface area contributed by atoms with E-state index in [4.69, 9.17) is 4.42 Å². The number of benzene rings is 1. The summed E-state index contributed by atoms with van der Waals surface area (Å²) in [4.78, 5) is 22.7. The molecule has 122 valence electrons. The molecule has 0 saturated carbocycles. The first-order valence-electron chi connectivity index (χ1n) is 7.66. The zero-order chi connectivity index (χ0) is 16.5. The minimum absolute atomic E-state index is 0.0486. The van der Waals surface area contributed by atoms with Crippen molar-refractivity contribution in [2.45, 2.75) is 25.7 Å². The molecule has 1 heterocycles. The molecule has 0 atom stereocenters. The van der Waals surface area contributed by atoms with E-state index in [0.29, 0.717) is 32.2 Å². The van der Waals surface area contributed by atoms with Crippen LogP contribution in [0.4, 0.5) is 0 Å². The molecule has 0 unspecified atom stereocenters. The molecule has 0 aliphatic carbocycles. The van der Waals surface area contributed by atoms with Gasteiger partial charge in [0, 0.05) is 31.4 Å². The first-order chi connectivity index (χ1) is 11.2. The Kier molecular flexibility index (Phi) is 6.41. The zero-order valence-electron chi connectivity index (χ0n) is 13.2. The zero-order valence-corrected chi connectivity index (χ0v) is 13.2. The van der Waals surface area contributed by atoms with Crippen molar-refractivity contribution in [1.82, 2.24) is 5.32 Å². The summed E-state index contributed by atoms with van der Waals surface area (Å²) in [6.07, 6.45) is 1.81. The number of carbonyl (C=O) groups excluding carboxylic acids is 2. The van der Waals surface area contributed by atoms with Crippen LogP contribution in [0.1, 0.15) is 25.0 Å². The number of carbonyl (C=O) groups is 2. The third-order valence-corrected chi connectivity index (χ3v) is 3.43. The normalized spacial score (nSPS) is 10.3. The molecule has 0 bridgehead atoms. The van der Waals surface area contributed by atoms with Gasteiger partial charge in [-0.25, -0.2) is 0 Å². The number of nitrogens with one attached hydrogen (secondary N) is 1. The van der Waals surface area contributed by atoms with Crippen LogP contribution >= 0.6 is 0 Å². The van der Waals surface area contributed by atoms with Crippen LogP contribution in [-0.2, 0) is 20.7 Å². The maximum absolute atomic E-state index is 11.7. The number of methoxy groups -OCH3 is 1. The molecule has 0 spiro atoms. The quantitative estimate of drug-likeness (QED) is 0.601. The maximum atomic E-state index is 11.7. The lowest BCUT2D eigenvalue weighted by atomic mass is 10.2. The highest BCUT2D eigenvalue weighted by Gasteiger charge is 2.07. The molecule has 1 N–H and O–H groups in total. The Balaban J connectivity index is 1.71. The Hall–Kier alpha value is -2.56. The van der Waals surface area contributed by atoms with Gasteiger partial charge >= 0.3 is 5.97 Å². The number of hydrogen-bond donors (Lipinski definition) is 1. The van der Waals surface area contributed by atoms with Crippen LogP contribution in [0.15, 0.2) is 46.9 Å². The van der Waals surface area contributed by atoms with E-state index in [1.54, 1.807) is 0 Å². The second-order valence-corrected chi connectivity index (χ2v) is 5.16. The van der Waals surface area contributed by atoms with E-state index < -0.39 is 0 Å². The van der Waals surface area contributed by atoms with Crippen LogP contribution in [-0.4, -0.2) is 25.5 Å². The van der Waals surface area contributed by atoms with Gasteiger partial charge in [0.25, 0.3) is 0 Å². The summed E-state index contributed by atoms with van der Waals surface area (Å²) in [7, 11) is 1.36.